The number of carboxylic acid groups (broad SMARTS) is 1. The second-order valence-electron chi connectivity index (χ2n) is 4.98. The Labute approximate surface area is 133 Å². The van der Waals surface area contributed by atoms with E-state index in [4.69, 9.17) is 10.1 Å². The first kappa shape index (κ1) is 14.6. The summed E-state index contributed by atoms with van der Waals surface area (Å²) in [4.78, 5) is 16.7. The Hall–Kier alpha value is -2.33. The number of hydrogen-bond acceptors (Lipinski definition) is 3. The third kappa shape index (κ3) is 2.83. The lowest BCUT2D eigenvalue weighted by Crippen LogP contribution is -2.00. The molecule has 0 aliphatic heterocycles. The number of aryl methyl sites for hydroxylation is 1. The summed E-state index contributed by atoms with van der Waals surface area (Å²) < 4.78 is 0. The number of aromatic nitrogens is 1. The first-order chi connectivity index (χ1) is 10.7. The topological polar surface area (TPSA) is 50.2 Å². The van der Waals surface area contributed by atoms with E-state index in [9.17, 15) is 4.79 Å². The summed E-state index contributed by atoms with van der Waals surface area (Å²) in [6.07, 6.45) is 0. The van der Waals surface area contributed by atoms with Crippen LogP contribution in [0.25, 0.3) is 22.2 Å². The number of thioether (sulfide) groups is 1. The molecule has 3 nitrogen and oxygen atoms in total. The van der Waals surface area contributed by atoms with E-state index in [-0.39, 0.29) is 5.75 Å². The molecule has 110 valence electrons. The first-order valence-electron chi connectivity index (χ1n) is 6.96. The van der Waals surface area contributed by atoms with Gasteiger partial charge in [0.1, 0.15) is 0 Å². The van der Waals surface area contributed by atoms with Crippen molar-refractivity contribution in [3.05, 3.63) is 60.2 Å². The second-order valence-corrected chi connectivity index (χ2v) is 5.97. The number of aliphatic carboxylic acids is 1. The maximum atomic E-state index is 11.0. The fourth-order valence-electron chi connectivity index (χ4n) is 2.46. The highest BCUT2D eigenvalue weighted by Gasteiger charge is 2.15. The van der Waals surface area contributed by atoms with Crippen LogP contribution in [0.3, 0.4) is 0 Å². The lowest BCUT2D eigenvalue weighted by Gasteiger charge is -2.14. The van der Waals surface area contributed by atoms with E-state index in [2.05, 4.69) is 0 Å². The summed E-state index contributed by atoms with van der Waals surface area (Å²) in [6.45, 7) is 2.03. The van der Waals surface area contributed by atoms with Crippen LogP contribution in [0.4, 0.5) is 0 Å². The van der Waals surface area contributed by atoms with Gasteiger partial charge in [0.25, 0.3) is 0 Å². The van der Waals surface area contributed by atoms with Crippen molar-refractivity contribution >= 4 is 28.6 Å². The van der Waals surface area contributed by atoms with E-state index >= 15 is 0 Å². The first-order valence-corrected chi connectivity index (χ1v) is 7.94. The zero-order chi connectivity index (χ0) is 15.5. The van der Waals surface area contributed by atoms with Crippen LogP contribution in [-0.2, 0) is 4.79 Å². The molecule has 0 unspecified atom stereocenters. The predicted octanol–water partition coefficient (Wildman–Crippen LogP) is 4.39. The zero-order valence-electron chi connectivity index (χ0n) is 12.1. The number of carbonyl (C=O) groups is 1. The summed E-state index contributed by atoms with van der Waals surface area (Å²) in [5.74, 6) is -0.794. The molecule has 0 saturated carbocycles. The number of benzene rings is 2. The average Bonchev–Trinajstić information content (AvgIpc) is 2.54. The lowest BCUT2D eigenvalue weighted by molar-refractivity contribution is -0.133. The van der Waals surface area contributed by atoms with Gasteiger partial charge in [0.15, 0.2) is 0 Å². The van der Waals surface area contributed by atoms with E-state index in [1.165, 1.54) is 11.8 Å². The van der Waals surface area contributed by atoms with Crippen LogP contribution >= 0.6 is 11.8 Å². The van der Waals surface area contributed by atoms with Crippen LogP contribution in [0.15, 0.2) is 59.5 Å². The van der Waals surface area contributed by atoms with Gasteiger partial charge in [-0.15, -0.1) is 11.8 Å². The van der Waals surface area contributed by atoms with Crippen LogP contribution in [0.5, 0.6) is 0 Å². The molecule has 3 aromatic rings. The van der Waals surface area contributed by atoms with Crippen LogP contribution in [0, 0.1) is 6.92 Å². The number of para-hydroxylation sites is 1. The third-order valence-corrected chi connectivity index (χ3v) is 4.66. The maximum Gasteiger partial charge on any atom is 0.313 e. The molecule has 0 saturated heterocycles. The Kier molecular flexibility index (Phi) is 4.11. The van der Waals surface area contributed by atoms with Gasteiger partial charge in [-0.3, -0.25) is 4.79 Å². The molecular weight excluding hydrogens is 294 g/mol. The summed E-state index contributed by atoms with van der Waals surface area (Å²) in [5.41, 5.74) is 3.86. The summed E-state index contributed by atoms with van der Waals surface area (Å²) in [5, 5.41) is 10.1. The predicted molar refractivity (Wildman–Crippen MR) is 90.3 cm³/mol. The highest BCUT2D eigenvalue weighted by Crippen LogP contribution is 2.36. The van der Waals surface area contributed by atoms with Gasteiger partial charge in [-0.05, 0) is 18.6 Å². The molecular formula is C18H15NO2S. The van der Waals surface area contributed by atoms with Gasteiger partial charge in [-0.1, -0.05) is 48.5 Å². The molecule has 2 aromatic carbocycles. The van der Waals surface area contributed by atoms with Crippen molar-refractivity contribution in [1.82, 2.24) is 4.98 Å². The van der Waals surface area contributed by atoms with Gasteiger partial charge in [0.05, 0.1) is 17.0 Å². The minimum absolute atomic E-state index is 0.0285. The highest BCUT2D eigenvalue weighted by molar-refractivity contribution is 8.00. The average molecular weight is 309 g/mol. The van der Waals surface area contributed by atoms with Gasteiger partial charge in [-0.25, -0.2) is 4.98 Å². The molecule has 1 heterocycles. The van der Waals surface area contributed by atoms with Crippen LogP contribution < -0.4 is 0 Å². The lowest BCUT2D eigenvalue weighted by atomic mass is 10.0. The van der Waals surface area contributed by atoms with Crippen molar-refractivity contribution in [2.45, 2.75) is 11.8 Å². The molecule has 4 heteroatoms. The second kappa shape index (κ2) is 6.20. The van der Waals surface area contributed by atoms with Gasteiger partial charge in [0, 0.05) is 15.8 Å². The number of hydrogen-bond donors (Lipinski definition) is 1. The summed E-state index contributed by atoms with van der Waals surface area (Å²) in [7, 11) is 0. The van der Waals surface area contributed by atoms with Gasteiger partial charge in [0.2, 0.25) is 0 Å². The van der Waals surface area contributed by atoms with E-state index < -0.39 is 5.97 Å². The number of carboxylic acids is 1. The number of rotatable bonds is 4. The van der Waals surface area contributed by atoms with Crippen LogP contribution in [0.1, 0.15) is 5.56 Å². The zero-order valence-corrected chi connectivity index (χ0v) is 12.9. The normalized spacial score (nSPS) is 10.8. The number of fused-ring (bicyclic) bond motifs is 1. The minimum Gasteiger partial charge on any atom is -0.481 e. The van der Waals surface area contributed by atoms with Gasteiger partial charge >= 0.3 is 5.97 Å². The maximum absolute atomic E-state index is 11.0. The molecule has 22 heavy (non-hydrogen) atoms. The van der Waals surface area contributed by atoms with Crippen molar-refractivity contribution in [2.75, 3.05) is 5.75 Å². The molecule has 0 amide bonds. The highest BCUT2D eigenvalue weighted by atomic mass is 32.2. The fourth-order valence-corrected chi connectivity index (χ4v) is 3.36. The van der Waals surface area contributed by atoms with Gasteiger partial charge < -0.3 is 5.11 Å². The van der Waals surface area contributed by atoms with Crippen molar-refractivity contribution in [3.8, 4) is 11.3 Å². The van der Waals surface area contributed by atoms with Crippen LogP contribution in [-0.4, -0.2) is 21.8 Å². The molecule has 1 aromatic heterocycles. The van der Waals surface area contributed by atoms with E-state index in [0.717, 1.165) is 32.6 Å². The molecule has 0 radical (unpaired) electrons. The van der Waals surface area contributed by atoms with E-state index in [1.54, 1.807) is 0 Å². The molecule has 1 N–H and O–H groups in total. The molecule has 0 atom stereocenters. The molecule has 0 bridgehead atoms. The van der Waals surface area contributed by atoms with E-state index in [0.29, 0.717) is 0 Å². The molecule has 3 rings (SSSR count). The molecule has 0 aliphatic rings. The van der Waals surface area contributed by atoms with Crippen molar-refractivity contribution in [2.24, 2.45) is 0 Å². The quantitative estimate of drug-likeness (QED) is 0.726. The van der Waals surface area contributed by atoms with Crippen LogP contribution in [0.2, 0.25) is 0 Å². The number of pyridine rings is 1. The third-order valence-electron chi connectivity index (χ3n) is 3.48. The number of nitrogens with zero attached hydrogens (tertiary/aromatic N) is 1. The Morgan fingerprint density at radius 2 is 1.77 bits per heavy atom. The Morgan fingerprint density at radius 1 is 1.09 bits per heavy atom. The molecule has 0 spiro atoms. The smallest absolute Gasteiger partial charge is 0.313 e. The SMILES string of the molecule is Cc1c(SCC(=O)O)c(-c2ccccc2)nc2ccccc12. The van der Waals surface area contributed by atoms with Crippen molar-refractivity contribution < 1.29 is 9.90 Å². The fraction of sp³-hybridized carbons (Fsp3) is 0.111. The van der Waals surface area contributed by atoms with Crippen molar-refractivity contribution in [1.29, 1.82) is 0 Å². The minimum atomic E-state index is -0.823. The molecule has 0 aliphatic carbocycles. The Morgan fingerprint density at radius 3 is 2.50 bits per heavy atom. The summed E-state index contributed by atoms with van der Waals surface area (Å²) in [6, 6.07) is 17.8. The summed E-state index contributed by atoms with van der Waals surface area (Å²) >= 11 is 1.33. The largest absolute Gasteiger partial charge is 0.481 e. The Bertz CT molecular complexity index is 831. The standard InChI is InChI=1S/C18H15NO2S/c1-12-14-9-5-6-10-15(14)19-17(13-7-3-2-4-8-13)18(12)22-11-16(20)21/h2-10H,11H2,1H3,(H,20,21). The van der Waals surface area contributed by atoms with Crippen molar-refractivity contribution in [3.63, 3.8) is 0 Å². The Balaban J connectivity index is 2.23. The van der Waals surface area contributed by atoms with Gasteiger partial charge in [-0.2, -0.15) is 0 Å². The monoisotopic (exact) mass is 309 g/mol. The molecule has 0 fully saturated rings. The van der Waals surface area contributed by atoms with E-state index in [1.807, 2.05) is 61.5 Å².